The first-order valence-corrected chi connectivity index (χ1v) is 27.1. The minimum absolute atomic E-state index is 0.189. The molecule has 0 bridgehead atoms. The minimum atomic E-state index is -4.43. The summed E-state index contributed by atoms with van der Waals surface area (Å²) in [6, 6.07) is 23.9. The van der Waals surface area contributed by atoms with E-state index in [0.717, 1.165) is 88.9 Å². The van der Waals surface area contributed by atoms with E-state index in [-0.39, 0.29) is 20.3 Å². The molecule has 3 aromatic carbocycles. The molecule has 4 N–H and O–H groups in total. The molecule has 0 radical (unpaired) electrons. The molecule has 8 aromatic rings. The van der Waals surface area contributed by atoms with Gasteiger partial charge >= 0.3 is 20.2 Å². The molecule has 8 rings (SSSR count). The fourth-order valence-corrected chi connectivity index (χ4v) is 12.3. The molecular weight excluding hydrogens is 983 g/mol. The molecule has 66 heavy (non-hydrogen) atoms. The van der Waals surface area contributed by atoms with Crippen LogP contribution in [-0.2, 0) is 26.0 Å². The SMILES string of the molecule is CCN(CC)c1ccc(/N=N/c2snc3sc(S(=O)(=O)O)cc23)c(Nc2nc(Nc3cc(N(CC)CC)ccc3/N=N/c3snc4sc(S(=O)(=O)O)cc34)nc(SCc3ccccc3)n2)c1. The zero-order chi connectivity index (χ0) is 46.6. The smallest absolute Gasteiger partial charge is 0.304 e. The van der Waals surface area contributed by atoms with Crippen LogP contribution in [-0.4, -0.2) is 75.8 Å². The Morgan fingerprint density at radius 1 is 0.606 bits per heavy atom. The summed E-state index contributed by atoms with van der Waals surface area (Å²) in [6.07, 6.45) is 0. The van der Waals surface area contributed by atoms with Crippen LogP contribution in [0.4, 0.5) is 56.0 Å². The third kappa shape index (κ3) is 10.8. The Labute approximate surface area is 399 Å². The van der Waals surface area contributed by atoms with Crippen LogP contribution in [0.15, 0.2) is 113 Å². The Bertz CT molecular complexity index is 3120. The number of rotatable bonds is 19. The zero-order valence-corrected chi connectivity index (χ0v) is 41.1. The summed E-state index contributed by atoms with van der Waals surface area (Å²) in [7, 11) is -8.85. The van der Waals surface area contributed by atoms with Crippen molar-refractivity contribution in [2.45, 2.75) is 47.0 Å². The number of nitrogens with one attached hydrogen (secondary N) is 2. The molecule has 0 saturated heterocycles. The van der Waals surface area contributed by atoms with Crippen molar-refractivity contribution in [3.63, 3.8) is 0 Å². The third-order valence-corrected chi connectivity index (χ3v) is 17.1. The van der Waals surface area contributed by atoms with Gasteiger partial charge in [-0.1, -0.05) is 42.1 Å². The van der Waals surface area contributed by atoms with Gasteiger partial charge in [-0.15, -0.1) is 43.1 Å². The Kier molecular flexibility index (Phi) is 14.3. The normalized spacial score (nSPS) is 12.3. The fourth-order valence-electron chi connectivity index (χ4n) is 6.51. The maximum atomic E-state index is 11.9. The second kappa shape index (κ2) is 20.1. The summed E-state index contributed by atoms with van der Waals surface area (Å²) >= 11 is 5.22. The molecule has 0 atom stereocenters. The highest BCUT2D eigenvalue weighted by molar-refractivity contribution is 7.98. The van der Waals surface area contributed by atoms with E-state index >= 15 is 0 Å². The monoisotopic (exact) mass is 1020 g/mol. The van der Waals surface area contributed by atoms with Crippen molar-refractivity contribution in [2.75, 3.05) is 46.6 Å². The highest BCUT2D eigenvalue weighted by atomic mass is 32.3. The summed E-state index contributed by atoms with van der Waals surface area (Å²) in [5.41, 5.74) is 4.75. The number of fused-ring (bicyclic) bond motifs is 2. The molecule has 0 amide bonds. The minimum Gasteiger partial charge on any atom is -0.372 e. The molecule has 0 fully saturated rings. The van der Waals surface area contributed by atoms with Gasteiger partial charge in [0.2, 0.25) is 11.9 Å². The van der Waals surface area contributed by atoms with Crippen molar-refractivity contribution in [3.8, 4) is 0 Å². The standard InChI is InChI=1S/C40H39N13O6S7/c1-5-52(6-2)24-14-16-28(46-48-34-26-20-32(65(54,55)56)61-36(26)50-63-34)30(18-24)41-38-43-39(45-40(44-38)60-22-23-12-10-9-11-13-23)42-31-19-25(53(7-3)8-4)15-17-29(31)47-49-35-27-21-33(66(57,58)59)62-37(27)51-64-35/h9-21H,5-8,22H2,1-4H3,(H,54,55,56)(H,57,58,59)(H2,41,42,43,44,45)/b48-46+,49-47+. The Morgan fingerprint density at radius 3 is 1.48 bits per heavy atom. The second-order valence-electron chi connectivity index (χ2n) is 13.9. The maximum absolute atomic E-state index is 11.9. The lowest BCUT2D eigenvalue weighted by Crippen LogP contribution is -2.21. The van der Waals surface area contributed by atoms with Gasteiger partial charge in [-0.05, 0) is 105 Å². The highest BCUT2D eigenvalue weighted by Crippen LogP contribution is 2.42. The molecular formula is C40H39N13O6S7. The van der Waals surface area contributed by atoms with Crippen LogP contribution in [0.25, 0.3) is 20.4 Å². The summed E-state index contributed by atoms with van der Waals surface area (Å²) in [6.45, 7) is 11.2. The van der Waals surface area contributed by atoms with Gasteiger partial charge in [0, 0.05) is 43.3 Å². The van der Waals surface area contributed by atoms with E-state index in [1.165, 1.54) is 23.9 Å². The van der Waals surface area contributed by atoms with Gasteiger partial charge in [0.15, 0.2) is 15.2 Å². The Morgan fingerprint density at radius 2 is 1.06 bits per heavy atom. The third-order valence-electron chi connectivity index (χ3n) is 9.81. The Balaban J connectivity index is 1.19. The number of thioether (sulfide) groups is 1. The summed E-state index contributed by atoms with van der Waals surface area (Å²) in [4.78, 5) is 19.7. The number of hydrogen-bond donors (Lipinski definition) is 4. The van der Waals surface area contributed by atoms with Crippen LogP contribution in [0.1, 0.15) is 33.3 Å². The quantitative estimate of drug-likeness (QED) is 0.0334. The molecule has 0 spiro atoms. The topological polar surface area (TPSA) is 253 Å². The average Bonchev–Trinajstić information content (AvgIpc) is 4.09. The lowest BCUT2D eigenvalue weighted by Gasteiger charge is -2.22. The molecule has 0 aliphatic heterocycles. The first kappa shape index (κ1) is 46.9. The van der Waals surface area contributed by atoms with E-state index in [9.17, 15) is 25.9 Å². The molecule has 5 heterocycles. The predicted molar refractivity (Wildman–Crippen MR) is 265 cm³/mol. The lowest BCUT2D eigenvalue weighted by molar-refractivity contribution is 0.483. The van der Waals surface area contributed by atoms with Gasteiger partial charge in [-0.2, -0.15) is 40.5 Å². The van der Waals surface area contributed by atoms with Crippen molar-refractivity contribution >= 4 is 154 Å². The number of hydrogen-bond acceptors (Lipinski definition) is 22. The van der Waals surface area contributed by atoms with Crippen LogP contribution in [0, 0.1) is 0 Å². The first-order chi connectivity index (χ1) is 31.7. The van der Waals surface area contributed by atoms with E-state index in [2.05, 4.69) is 77.3 Å². The molecule has 342 valence electrons. The number of nitrogens with zero attached hydrogens (tertiary/aromatic N) is 11. The van der Waals surface area contributed by atoms with E-state index in [4.69, 9.17) is 15.0 Å². The van der Waals surface area contributed by atoms with Gasteiger partial charge in [-0.25, -0.2) is 0 Å². The van der Waals surface area contributed by atoms with E-state index in [0.29, 0.717) is 64.1 Å². The molecule has 0 aliphatic carbocycles. The number of aromatic nitrogens is 5. The number of azo groups is 2. The molecule has 5 aromatic heterocycles. The molecule has 19 nitrogen and oxygen atoms in total. The highest BCUT2D eigenvalue weighted by Gasteiger charge is 2.21. The molecule has 0 saturated carbocycles. The van der Waals surface area contributed by atoms with Crippen LogP contribution in [0.5, 0.6) is 0 Å². The van der Waals surface area contributed by atoms with Gasteiger partial charge < -0.3 is 20.4 Å². The molecule has 0 aliphatic rings. The molecule has 26 heteroatoms. The fraction of sp³-hybridized carbons (Fsp3) is 0.225. The van der Waals surface area contributed by atoms with E-state index < -0.39 is 20.2 Å². The van der Waals surface area contributed by atoms with Crippen molar-refractivity contribution in [1.82, 2.24) is 23.7 Å². The van der Waals surface area contributed by atoms with Crippen molar-refractivity contribution in [3.05, 3.63) is 84.4 Å². The van der Waals surface area contributed by atoms with Crippen LogP contribution >= 0.6 is 57.5 Å². The molecule has 0 unspecified atom stereocenters. The zero-order valence-electron chi connectivity index (χ0n) is 35.3. The first-order valence-electron chi connectivity index (χ1n) is 20.0. The van der Waals surface area contributed by atoms with E-state index in [1.807, 2.05) is 66.7 Å². The largest absolute Gasteiger partial charge is 0.372 e. The van der Waals surface area contributed by atoms with Gasteiger partial charge in [-0.3, -0.25) is 9.11 Å². The summed E-state index contributed by atoms with van der Waals surface area (Å²) < 4.78 is 74.8. The lowest BCUT2D eigenvalue weighted by atomic mass is 10.2. The van der Waals surface area contributed by atoms with E-state index in [1.54, 1.807) is 0 Å². The van der Waals surface area contributed by atoms with Crippen molar-refractivity contribution < 1.29 is 25.9 Å². The number of anilines is 6. The maximum Gasteiger partial charge on any atom is 0.304 e. The summed E-state index contributed by atoms with van der Waals surface area (Å²) in [5.74, 6) is 0.942. The van der Waals surface area contributed by atoms with Gasteiger partial charge in [0.05, 0.1) is 22.1 Å². The number of thiophene rings is 2. The average molecular weight is 1020 g/mol. The van der Waals surface area contributed by atoms with Gasteiger partial charge in [0.1, 0.15) is 29.5 Å². The van der Waals surface area contributed by atoms with Crippen LogP contribution < -0.4 is 20.4 Å². The van der Waals surface area contributed by atoms with Crippen LogP contribution in [0.2, 0.25) is 0 Å². The Hall–Kier alpha value is -5.58. The predicted octanol–water partition coefficient (Wildman–Crippen LogP) is 12.0. The second-order valence-corrected chi connectivity index (χ2v) is 21.7. The van der Waals surface area contributed by atoms with Crippen molar-refractivity contribution in [1.29, 1.82) is 0 Å². The summed E-state index contributed by atoms with van der Waals surface area (Å²) in [5, 5.41) is 26.9. The van der Waals surface area contributed by atoms with Crippen molar-refractivity contribution in [2.24, 2.45) is 20.5 Å². The number of benzene rings is 3. The van der Waals surface area contributed by atoms with Gasteiger partial charge in [0.25, 0.3) is 0 Å². The van der Waals surface area contributed by atoms with Crippen LogP contribution in [0.3, 0.4) is 0 Å².